The summed E-state index contributed by atoms with van der Waals surface area (Å²) in [5.41, 5.74) is -2.47. The fraction of sp³-hybridized carbons (Fsp3) is 0.464. The SMILES string of the molecule is CC1(C)CC(CNc2cccc(S(=O)(=O)NC(=O)c3ccc(-n4ccc(OCCC5(C(F)(F)F)CC5)n4)nc3Cl)n2)CN1C(=O)O. The first-order chi connectivity index (χ1) is 21.5. The number of alkyl halides is 3. The number of ether oxygens (including phenoxy) is 1. The molecule has 13 nitrogen and oxygen atoms in total. The summed E-state index contributed by atoms with van der Waals surface area (Å²) in [6, 6.07) is 8.23. The van der Waals surface area contributed by atoms with Crippen LogP contribution in [0.4, 0.5) is 23.8 Å². The van der Waals surface area contributed by atoms with Gasteiger partial charge in [-0.25, -0.2) is 24.2 Å². The number of sulfonamides is 1. The molecule has 3 aromatic heterocycles. The van der Waals surface area contributed by atoms with Crippen molar-refractivity contribution < 1.29 is 41.0 Å². The van der Waals surface area contributed by atoms with Crippen LogP contribution in [0.15, 0.2) is 47.6 Å². The molecule has 2 fully saturated rings. The molecule has 3 N–H and O–H groups in total. The first kappa shape index (κ1) is 33.2. The molecule has 2 aliphatic rings. The van der Waals surface area contributed by atoms with Gasteiger partial charge in [0.25, 0.3) is 15.9 Å². The van der Waals surface area contributed by atoms with Gasteiger partial charge in [0.2, 0.25) is 5.88 Å². The Morgan fingerprint density at radius 1 is 1.15 bits per heavy atom. The number of likely N-dealkylation sites (tertiary alicyclic amines) is 1. The van der Waals surface area contributed by atoms with Crippen LogP contribution in [0.2, 0.25) is 5.15 Å². The van der Waals surface area contributed by atoms with Crippen molar-refractivity contribution in [3.05, 3.63) is 53.3 Å². The molecule has 4 heterocycles. The van der Waals surface area contributed by atoms with Crippen molar-refractivity contribution in [1.29, 1.82) is 0 Å². The summed E-state index contributed by atoms with van der Waals surface area (Å²) in [7, 11) is -4.43. The van der Waals surface area contributed by atoms with Crippen LogP contribution in [0.25, 0.3) is 5.82 Å². The monoisotopic (exact) mass is 685 g/mol. The van der Waals surface area contributed by atoms with Gasteiger partial charge in [-0.3, -0.25) is 4.79 Å². The lowest BCUT2D eigenvalue weighted by Gasteiger charge is -2.28. The largest absolute Gasteiger partial charge is 0.477 e. The second-order valence-corrected chi connectivity index (χ2v) is 13.9. The second kappa shape index (κ2) is 12.2. The number of pyridine rings is 2. The van der Waals surface area contributed by atoms with E-state index in [2.05, 4.69) is 20.4 Å². The Kier molecular flexibility index (Phi) is 8.85. The van der Waals surface area contributed by atoms with Crippen molar-refractivity contribution in [2.45, 2.75) is 56.3 Å². The van der Waals surface area contributed by atoms with E-state index in [-0.39, 0.29) is 60.0 Å². The minimum absolute atomic E-state index is 0.0236. The van der Waals surface area contributed by atoms with Gasteiger partial charge in [-0.05, 0) is 69.7 Å². The van der Waals surface area contributed by atoms with E-state index in [9.17, 15) is 36.3 Å². The summed E-state index contributed by atoms with van der Waals surface area (Å²) in [5.74, 6) is -0.646. The van der Waals surface area contributed by atoms with E-state index < -0.39 is 44.2 Å². The molecule has 1 saturated carbocycles. The maximum Gasteiger partial charge on any atom is 0.407 e. The standard InChI is InChI=1S/C28H31ClF3N7O6S/c1-26(2)14-17(16-38(26)25(41)42)15-33-19-4-3-5-22(34-19)46(43,44)37-24(40)18-6-7-20(35-23(18)29)39-12-8-21(36-39)45-13-11-27(9-10-27)28(30,31)32/h3-8,12,17H,9-11,13-16H2,1-2H3,(H,33,34)(H,37,40)(H,41,42). The zero-order chi connectivity index (χ0) is 33.5. The smallest absolute Gasteiger partial charge is 0.407 e. The number of halogens is 4. The van der Waals surface area contributed by atoms with Gasteiger partial charge in [-0.1, -0.05) is 17.7 Å². The van der Waals surface area contributed by atoms with Gasteiger partial charge in [-0.2, -0.15) is 21.6 Å². The van der Waals surface area contributed by atoms with Crippen molar-refractivity contribution in [1.82, 2.24) is 29.4 Å². The number of carbonyl (C=O) groups is 2. The number of anilines is 1. The van der Waals surface area contributed by atoms with Crippen LogP contribution in [0.1, 0.15) is 49.9 Å². The first-order valence-electron chi connectivity index (χ1n) is 14.2. The number of rotatable bonds is 11. The van der Waals surface area contributed by atoms with E-state index in [0.29, 0.717) is 19.5 Å². The van der Waals surface area contributed by atoms with Gasteiger partial charge in [0, 0.05) is 30.9 Å². The van der Waals surface area contributed by atoms with E-state index in [1.807, 2.05) is 18.6 Å². The topological polar surface area (TPSA) is 169 Å². The Balaban J connectivity index is 1.18. The molecule has 0 radical (unpaired) electrons. The molecular formula is C28H31ClF3N7O6S. The molecule has 1 unspecified atom stereocenters. The quantitative estimate of drug-likeness (QED) is 0.240. The summed E-state index contributed by atoms with van der Waals surface area (Å²) < 4.78 is 73.9. The number of hydrogen-bond donors (Lipinski definition) is 3. The van der Waals surface area contributed by atoms with E-state index in [1.54, 1.807) is 6.07 Å². The van der Waals surface area contributed by atoms with E-state index >= 15 is 0 Å². The Hall–Kier alpha value is -4.12. The number of hydrogen-bond acceptors (Lipinski definition) is 9. The number of aromatic nitrogens is 4. The van der Waals surface area contributed by atoms with E-state index in [0.717, 1.165) is 0 Å². The van der Waals surface area contributed by atoms with Gasteiger partial charge < -0.3 is 20.1 Å². The maximum atomic E-state index is 13.1. The minimum Gasteiger partial charge on any atom is -0.477 e. The third-order valence-electron chi connectivity index (χ3n) is 8.15. The van der Waals surface area contributed by atoms with Gasteiger partial charge >= 0.3 is 12.3 Å². The molecule has 46 heavy (non-hydrogen) atoms. The molecule has 0 spiro atoms. The summed E-state index contributed by atoms with van der Waals surface area (Å²) >= 11 is 6.21. The highest BCUT2D eigenvalue weighted by atomic mass is 35.5. The molecule has 0 aromatic carbocycles. The molecule has 1 aliphatic heterocycles. The highest BCUT2D eigenvalue weighted by Gasteiger charge is 2.62. The Morgan fingerprint density at radius 2 is 1.89 bits per heavy atom. The lowest BCUT2D eigenvalue weighted by Crippen LogP contribution is -2.41. The minimum atomic E-state index is -4.43. The molecule has 5 rings (SSSR count). The lowest BCUT2D eigenvalue weighted by molar-refractivity contribution is -0.190. The second-order valence-electron chi connectivity index (χ2n) is 11.9. The van der Waals surface area contributed by atoms with Crippen LogP contribution >= 0.6 is 11.6 Å². The van der Waals surface area contributed by atoms with Gasteiger partial charge in [0.15, 0.2) is 10.8 Å². The van der Waals surface area contributed by atoms with E-state index in [4.69, 9.17) is 16.3 Å². The zero-order valence-corrected chi connectivity index (χ0v) is 26.3. The maximum absolute atomic E-state index is 13.1. The number of carbonyl (C=O) groups excluding carboxylic acids is 1. The highest BCUT2D eigenvalue weighted by Crippen LogP contribution is 2.59. The molecule has 248 valence electrons. The van der Waals surface area contributed by atoms with Gasteiger partial charge in [-0.15, -0.1) is 5.10 Å². The van der Waals surface area contributed by atoms with Crippen molar-refractivity contribution in [2.24, 2.45) is 11.3 Å². The Bertz CT molecular complexity index is 1750. The highest BCUT2D eigenvalue weighted by molar-refractivity contribution is 7.90. The predicted octanol–water partition coefficient (Wildman–Crippen LogP) is 4.74. The normalized spacial score (nSPS) is 18.7. The molecular weight excluding hydrogens is 655 g/mol. The third-order valence-corrected chi connectivity index (χ3v) is 9.67. The van der Waals surface area contributed by atoms with Crippen LogP contribution in [-0.2, 0) is 10.0 Å². The van der Waals surface area contributed by atoms with Crippen LogP contribution in [0, 0.1) is 11.3 Å². The van der Waals surface area contributed by atoms with Crippen molar-refractivity contribution in [3.8, 4) is 11.7 Å². The van der Waals surface area contributed by atoms with Crippen LogP contribution in [-0.4, -0.2) is 81.6 Å². The van der Waals surface area contributed by atoms with Crippen LogP contribution < -0.4 is 14.8 Å². The summed E-state index contributed by atoms with van der Waals surface area (Å²) in [5, 5.41) is 15.8. The molecule has 1 aliphatic carbocycles. The molecule has 18 heteroatoms. The van der Waals surface area contributed by atoms with Crippen LogP contribution in [0.5, 0.6) is 5.88 Å². The molecule has 3 aromatic rings. The van der Waals surface area contributed by atoms with Crippen molar-refractivity contribution in [2.75, 3.05) is 25.0 Å². The number of nitrogens with one attached hydrogen (secondary N) is 2. The fourth-order valence-corrected chi connectivity index (χ4v) is 6.58. The summed E-state index contributed by atoms with van der Waals surface area (Å²) in [6.45, 7) is 4.18. The molecule has 1 atom stereocenters. The van der Waals surface area contributed by atoms with Crippen LogP contribution in [0.3, 0.4) is 0 Å². The average molecular weight is 686 g/mol. The predicted molar refractivity (Wildman–Crippen MR) is 158 cm³/mol. The molecule has 2 amide bonds. The zero-order valence-electron chi connectivity index (χ0n) is 24.7. The number of carboxylic acid groups (broad SMARTS) is 1. The van der Waals surface area contributed by atoms with Crippen molar-refractivity contribution in [3.63, 3.8) is 0 Å². The molecule has 0 bridgehead atoms. The molecule has 1 saturated heterocycles. The summed E-state index contributed by atoms with van der Waals surface area (Å²) in [6.07, 6.45) is -3.26. The fourth-order valence-electron chi connectivity index (χ4n) is 5.41. The average Bonchev–Trinajstić information content (AvgIpc) is 3.51. The third kappa shape index (κ3) is 7.14. The number of amides is 2. The number of nitrogens with zero attached hydrogens (tertiary/aromatic N) is 5. The Morgan fingerprint density at radius 3 is 2.52 bits per heavy atom. The Labute approximate surface area is 267 Å². The van der Waals surface area contributed by atoms with Gasteiger partial charge in [0.1, 0.15) is 11.0 Å². The lowest BCUT2D eigenvalue weighted by atomic mass is 9.96. The van der Waals surface area contributed by atoms with Gasteiger partial charge in [0.05, 0.1) is 17.6 Å². The van der Waals surface area contributed by atoms with Crippen molar-refractivity contribution >= 4 is 39.4 Å². The first-order valence-corrected chi connectivity index (χ1v) is 16.1. The van der Waals surface area contributed by atoms with E-state index in [1.165, 1.54) is 46.1 Å². The summed E-state index contributed by atoms with van der Waals surface area (Å²) in [4.78, 5) is 33.9.